The summed E-state index contributed by atoms with van der Waals surface area (Å²) >= 11 is 0. The third kappa shape index (κ3) is 6.28. The highest BCUT2D eigenvalue weighted by atomic mass is 16.5. The zero-order valence-electron chi connectivity index (χ0n) is 18.4. The van der Waals surface area contributed by atoms with E-state index < -0.39 is 0 Å². The predicted octanol–water partition coefficient (Wildman–Crippen LogP) is 1.77. The molecule has 0 radical (unpaired) electrons. The number of hydrogen-bond acceptors (Lipinski definition) is 5. The first-order valence-corrected chi connectivity index (χ1v) is 11.7. The Morgan fingerprint density at radius 3 is 2.48 bits per heavy atom. The molecule has 7 heteroatoms. The van der Waals surface area contributed by atoms with Crippen LogP contribution in [0.3, 0.4) is 0 Å². The molecular formula is C24H35N3O4. The van der Waals surface area contributed by atoms with E-state index in [2.05, 4.69) is 17.0 Å². The van der Waals surface area contributed by atoms with Crippen molar-refractivity contribution in [1.82, 2.24) is 14.7 Å². The second-order valence-electron chi connectivity index (χ2n) is 8.85. The Morgan fingerprint density at radius 2 is 1.74 bits per heavy atom. The quantitative estimate of drug-likeness (QED) is 0.661. The highest BCUT2D eigenvalue weighted by molar-refractivity contribution is 5.84. The van der Waals surface area contributed by atoms with Gasteiger partial charge in [0, 0.05) is 52.2 Å². The molecule has 2 amide bonds. The minimum atomic E-state index is -0.0656. The Kier molecular flexibility index (Phi) is 7.94. The Morgan fingerprint density at radius 1 is 1.00 bits per heavy atom. The standard InChI is InChI=1S/C24H35N3O4/c28-23-7-6-21(18-27(23)13-12-25-14-16-30-17-15-25)24(29)26-10-8-22(9-11-26)31-19-20-4-2-1-3-5-20/h1-5,21-22H,6-19H2/t21-/m1/s1. The van der Waals surface area contributed by atoms with Crippen molar-refractivity contribution in [2.45, 2.75) is 38.4 Å². The summed E-state index contributed by atoms with van der Waals surface area (Å²) in [5, 5.41) is 0. The van der Waals surface area contributed by atoms with Gasteiger partial charge in [-0.3, -0.25) is 14.5 Å². The van der Waals surface area contributed by atoms with Gasteiger partial charge in [-0.15, -0.1) is 0 Å². The number of amides is 2. The van der Waals surface area contributed by atoms with Crippen LogP contribution in [0.1, 0.15) is 31.2 Å². The smallest absolute Gasteiger partial charge is 0.227 e. The number of ether oxygens (including phenoxy) is 2. The van der Waals surface area contributed by atoms with Crippen LogP contribution < -0.4 is 0 Å². The van der Waals surface area contributed by atoms with E-state index in [1.54, 1.807) is 0 Å². The molecule has 7 nitrogen and oxygen atoms in total. The maximum atomic E-state index is 13.1. The van der Waals surface area contributed by atoms with Gasteiger partial charge in [-0.25, -0.2) is 0 Å². The SMILES string of the molecule is O=C1CC[C@@H](C(=O)N2CCC(OCc3ccccc3)CC2)CN1CCN1CCOCC1. The zero-order valence-corrected chi connectivity index (χ0v) is 18.4. The molecule has 3 heterocycles. The summed E-state index contributed by atoms with van der Waals surface area (Å²) in [5.41, 5.74) is 1.19. The lowest BCUT2D eigenvalue weighted by Gasteiger charge is -2.38. The van der Waals surface area contributed by atoms with Crippen molar-refractivity contribution in [2.24, 2.45) is 5.92 Å². The molecule has 0 aliphatic carbocycles. The van der Waals surface area contributed by atoms with Gasteiger partial charge < -0.3 is 19.3 Å². The van der Waals surface area contributed by atoms with Gasteiger partial charge in [-0.05, 0) is 24.8 Å². The van der Waals surface area contributed by atoms with Gasteiger partial charge >= 0.3 is 0 Å². The molecule has 0 bridgehead atoms. The number of hydrogen-bond donors (Lipinski definition) is 0. The topological polar surface area (TPSA) is 62.3 Å². The molecule has 31 heavy (non-hydrogen) atoms. The third-order valence-electron chi connectivity index (χ3n) is 6.72. The molecular weight excluding hydrogens is 394 g/mol. The van der Waals surface area contributed by atoms with Gasteiger partial charge in [0.1, 0.15) is 0 Å². The van der Waals surface area contributed by atoms with Gasteiger partial charge in [0.05, 0.1) is 31.8 Å². The monoisotopic (exact) mass is 429 g/mol. The fraction of sp³-hybridized carbons (Fsp3) is 0.667. The van der Waals surface area contributed by atoms with Crippen molar-refractivity contribution in [3.8, 4) is 0 Å². The Bertz CT molecular complexity index is 715. The van der Waals surface area contributed by atoms with Crippen LogP contribution in [-0.4, -0.2) is 91.6 Å². The molecule has 0 saturated carbocycles. The first-order valence-electron chi connectivity index (χ1n) is 11.7. The summed E-state index contributed by atoms with van der Waals surface area (Å²) in [6, 6.07) is 10.2. The summed E-state index contributed by atoms with van der Waals surface area (Å²) < 4.78 is 11.5. The van der Waals surface area contributed by atoms with E-state index in [4.69, 9.17) is 9.47 Å². The molecule has 170 valence electrons. The molecule has 4 rings (SSSR count). The van der Waals surface area contributed by atoms with Crippen molar-refractivity contribution >= 4 is 11.8 Å². The number of carbonyl (C=O) groups excluding carboxylic acids is 2. The first-order chi connectivity index (χ1) is 15.2. The molecule has 3 aliphatic rings. The van der Waals surface area contributed by atoms with Crippen LogP contribution in [0.15, 0.2) is 30.3 Å². The molecule has 3 aliphatic heterocycles. The predicted molar refractivity (Wildman–Crippen MR) is 117 cm³/mol. The van der Waals surface area contributed by atoms with Gasteiger partial charge in [-0.1, -0.05) is 30.3 Å². The summed E-state index contributed by atoms with van der Waals surface area (Å²) in [4.78, 5) is 31.7. The van der Waals surface area contributed by atoms with Crippen molar-refractivity contribution in [2.75, 3.05) is 59.0 Å². The molecule has 0 N–H and O–H groups in total. The van der Waals surface area contributed by atoms with Crippen LogP contribution in [0, 0.1) is 5.92 Å². The lowest BCUT2D eigenvalue weighted by Crippen LogP contribution is -2.51. The molecule has 1 aromatic rings. The van der Waals surface area contributed by atoms with Crippen molar-refractivity contribution < 1.29 is 19.1 Å². The van der Waals surface area contributed by atoms with Crippen LogP contribution in [0.25, 0.3) is 0 Å². The zero-order chi connectivity index (χ0) is 21.5. The number of piperidine rings is 2. The summed E-state index contributed by atoms with van der Waals surface area (Å²) in [6.07, 6.45) is 3.13. The van der Waals surface area contributed by atoms with Crippen molar-refractivity contribution in [3.05, 3.63) is 35.9 Å². The molecule has 0 unspecified atom stereocenters. The van der Waals surface area contributed by atoms with Gasteiger partial charge in [-0.2, -0.15) is 0 Å². The normalized spacial score (nSPS) is 23.9. The maximum Gasteiger partial charge on any atom is 0.227 e. The molecule has 0 spiro atoms. The first kappa shape index (κ1) is 22.2. The van der Waals surface area contributed by atoms with Crippen molar-refractivity contribution in [1.29, 1.82) is 0 Å². The highest BCUT2D eigenvalue weighted by Crippen LogP contribution is 2.23. The molecule has 3 fully saturated rings. The van der Waals surface area contributed by atoms with E-state index in [-0.39, 0.29) is 23.8 Å². The fourth-order valence-electron chi connectivity index (χ4n) is 4.71. The Labute approximate surface area is 185 Å². The number of carbonyl (C=O) groups is 2. The average Bonchev–Trinajstić information content (AvgIpc) is 2.83. The number of benzene rings is 1. The minimum Gasteiger partial charge on any atom is -0.379 e. The van der Waals surface area contributed by atoms with Crippen LogP contribution >= 0.6 is 0 Å². The average molecular weight is 430 g/mol. The summed E-state index contributed by atoms with van der Waals surface area (Å²) in [7, 11) is 0. The highest BCUT2D eigenvalue weighted by Gasteiger charge is 2.34. The van der Waals surface area contributed by atoms with E-state index in [1.807, 2.05) is 28.0 Å². The summed E-state index contributed by atoms with van der Waals surface area (Å²) in [5.74, 6) is 0.333. The van der Waals surface area contributed by atoms with Gasteiger partial charge in [0.15, 0.2) is 0 Å². The van der Waals surface area contributed by atoms with Gasteiger partial charge in [0.25, 0.3) is 0 Å². The van der Waals surface area contributed by atoms with E-state index in [0.717, 1.165) is 58.8 Å². The molecule has 0 aromatic heterocycles. The largest absolute Gasteiger partial charge is 0.379 e. The van der Waals surface area contributed by atoms with E-state index in [9.17, 15) is 9.59 Å². The van der Waals surface area contributed by atoms with E-state index >= 15 is 0 Å². The van der Waals surface area contributed by atoms with E-state index in [1.165, 1.54) is 5.56 Å². The third-order valence-corrected chi connectivity index (χ3v) is 6.72. The second-order valence-corrected chi connectivity index (χ2v) is 8.85. The second kappa shape index (κ2) is 11.1. The minimum absolute atomic E-state index is 0.0656. The number of morpholine rings is 1. The van der Waals surface area contributed by atoms with Crippen molar-refractivity contribution in [3.63, 3.8) is 0 Å². The summed E-state index contributed by atoms with van der Waals surface area (Å²) in [6.45, 7) is 7.62. The number of nitrogens with zero attached hydrogens (tertiary/aromatic N) is 3. The number of rotatable bonds is 7. The lowest BCUT2D eigenvalue weighted by molar-refractivity contribution is -0.145. The van der Waals surface area contributed by atoms with E-state index in [0.29, 0.717) is 32.5 Å². The number of likely N-dealkylation sites (tertiary alicyclic amines) is 2. The van der Waals surface area contributed by atoms with Gasteiger partial charge in [0.2, 0.25) is 11.8 Å². The van der Waals surface area contributed by atoms with Crippen LogP contribution in [0.5, 0.6) is 0 Å². The molecule has 3 saturated heterocycles. The maximum absolute atomic E-state index is 13.1. The Hall–Kier alpha value is -1.96. The molecule has 1 aromatic carbocycles. The fourth-order valence-corrected chi connectivity index (χ4v) is 4.71. The van der Waals surface area contributed by atoms with Crippen LogP contribution in [0.2, 0.25) is 0 Å². The van der Waals surface area contributed by atoms with Crippen LogP contribution in [-0.2, 0) is 25.7 Å². The lowest BCUT2D eigenvalue weighted by atomic mass is 9.94. The van der Waals surface area contributed by atoms with Crippen LogP contribution in [0.4, 0.5) is 0 Å². The molecule has 1 atom stereocenters. The Balaban J connectivity index is 1.20.